The third-order valence-electron chi connectivity index (χ3n) is 2.40. The van der Waals surface area contributed by atoms with Gasteiger partial charge in [-0.25, -0.2) is 0 Å². The van der Waals surface area contributed by atoms with Crippen LogP contribution in [0.2, 0.25) is 0 Å². The van der Waals surface area contributed by atoms with Gasteiger partial charge in [-0.1, -0.05) is 23.2 Å². The molecule has 0 bridgehead atoms. The monoisotopic (exact) mass is 222 g/mol. The van der Waals surface area contributed by atoms with Gasteiger partial charge in [-0.3, -0.25) is 0 Å². The van der Waals surface area contributed by atoms with E-state index in [4.69, 9.17) is 23.2 Å². The molecule has 76 valence electrons. The molecule has 1 rings (SSSR count). The van der Waals surface area contributed by atoms with Crippen LogP contribution in [0.25, 0.3) is 0 Å². The Morgan fingerprint density at radius 1 is 1.54 bits per heavy atom. The molecule has 0 spiro atoms. The van der Waals surface area contributed by atoms with E-state index in [2.05, 4.69) is 17.3 Å². The molecule has 2 nitrogen and oxygen atoms in total. The summed E-state index contributed by atoms with van der Waals surface area (Å²) in [6, 6.07) is 0.599. The van der Waals surface area contributed by atoms with Crippen molar-refractivity contribution < 1.29 is 0 Å². The average molecular weight is 223 g/mol. The van der Waals surface area contributed by atoms with Gasteiger partial charge in [0.15, 0.2) is 0 Å². The minimum atomic E-state index is 0.599. The molecule has 0 radical (unpaired) electrons. The molecule has 0 amide bonds. The van der Waals surface area contributed by atoms with E-state index in [9.17, 15) is 0 Å². The van der Waals surface area contributed by atoms with Crippen LogP contribution in [0.5, 0.6) is 0 Å². The highest BCUT2D eigenvalue weighted by Crippen LogP contribution is 2.09. The van der Waals surface area contributed by atoms with Crippen LogP contribution in [0.4, 0.5) is 0 Å². The van der Waals surface area contributed by atoms with Crippen molar-refractivity contribution in [3.8, 4) is 0 Å². The van der Waals surface area contributed by atoms with Gasteiger partial charge < -0.3 is 10.2 Å². The van der Waals surface area contributed by atoms with Gasteiger partial charge in [0.1, 0.15) is 0 Å². The van der Waals surface area contributed by atoms with Gasteiger partial charge in [-0.2, -0.15) is 0 Å². The molecule has 0 aromatic heterocycles. The predicted molar refractivity (Wildman–Crippen MR) is 58.3 cm³/mol. The first kappa shape index (κ1) is 11.3. The van der Waals surface area contributed by atoms with Gasteiger partial charge in [0, 0.05) is 23.2 Å². The molecule has 1 aliphatic heterocycles. The van der Waals surface area contributed by atoms with E-state index >= 15 is 0 Å². The maximum atomic E-state index is 5.77. The summed E-state index contributed by atoms with van der Waals surface area (Å²) >= 11 is 11.2. The van der Waals surface area contributed by atoms with Crippen LogP contribution in [-0.2, 0) is 0 Å². The second-order valence-corrected chi connectivity index (χ2v) is 4.22. The lowest BCUT2D eigenvalue weighted by Crippen LogP contribution is -2.41. The molecule has 1 heterocycles. The van der Waals surface area contributed by atoms with Gasteiger partial charge in [0.05, 0.1) is 0 Å². The Balaban J connectivity index is 2.16. The molecule has 0 atom stereocenters. The largest absolute Gasteiger partial charge is 0.309 e. The molecule has 1 fully saturated rings. The van der Waals surface area contributed by atoms with Crippen molar-refractivity contribution in [3.63, 3.8) is 0 Å². The van der Waals surface area contributed by atoms with Gasteiger partial charge in [-0.05, 0) is 33.0 Å². The number of halogens is 2. The lowest BCUT2D eigenvalue weighted by molar-refractivity contribution is 0.237. The average Bonchev–Trinajstić information content (AvgIpc) is 2.16. The summed E-state index contributed by atoms with van der Waals surface area (Å²) in [6.07, 6.45) is 2.39. The number of hydrogen-bond acceptors (Lipinski definition) is 2. The van der Waals surface area contributed by atoms with Gasteiger partial charge in [-0.15, -0.1) is 0 Å². The molecular formula is C9H16Cl2N2. The van der Waals surface area contributed by atoms with Crippen molar-refractivity contribution in [2.45, 2.75) is 18.9 Å². The SMILES string of the molecule is CN1CCC(NC/C(Cl)=C/Cl)CC1. The van der Waals surface area contributed by atoms with Crippen LogP contribution in [0.1, 0.15) is 12.8 Å². The van der Waals surface area contributed by atoms with Crippen LogP contribution in [0.15, 0.2) is 10.6 Å². The van der Waals surface area contributed by atoms with Crippen LogP contribution in [0, 0.1) is 0 Å². The highest BCUT2D eigenvalue weighted by Gasteiger charge is 2.15. The number of nitrogens with zero attached hydrogens (tertiary/aromatic N) is 1. The molecule has 0 aromatic rings. The van der Waals surface area contributed by atoms with E-state index < -0.39 is 0 Å². The lowest BCUT2D eigenvalue weighted by atomic mass is 10.1. The van der Waals surface area contributed by atoms with E-state index in [1.54, 1.807) is 0 Å². The Morgan fingerprint density at radius 3 is 2.69 bits per heavy atom. The number of hydrogen-bond donors (Lipinski definition) is 1. The van der Waals surface area contributed by atoms with Gasteiger partial charge >= 0.3 is 0 Å². The third-order valence-corrected chi connectivity index (χ3v) is 3.01. The molecule has 1 aliphatic rings. The number of nitrogens with one attached hydrogen (secondary N) is 1. The molecule has 4 heteroatoms. The maximum Gasteiger partial charge on any atom is 0.0431 e. The summed E-state index contributed by atoms with van der Waals surface area (Å²) < 4.78 is 0. The van der Waals surface area contributed by atoms with Crippen LogP contribution in [-0.4, -0.2) is 37.6 Å². The molecule has 1 N–H and O–H groups in total. The molecule has 0 unspecified atom stereocenters. The Hall–Kier alpha value is 0.240. The van der Waals surface area contributed by atoms with Crippen molar-refractivity contribution in [2.24, 2.45) is 0 Å². The molecule has 0 aromatic carbocycles. The number of rotatable bonds is 3. The number of likely N-dealkylation sites (tertiary alicyclic amines) is 1. The quantitative estimate of drug-likeness (QED) is 0.787. The summed E-state index contributed by atoms with van der Waals surface area (Å²) in [6.45, 7) is 3.03. The Morgan fingerprint density at radius 2 is 2.15 bits per heavy atom. The summed E-state index contributed by atoms with van der Waals surface area (Å²) in [5.41, 5.74) is 1.42. The first-order chi connectivity index (χ1) is 6.22. The molecular weight excluding hydrogens is 207 g/mol. The smallest absolute Gasteiger partial charge is 0.0431 e. The van der Waals surface area contributed by atoms with Gasteiger partial charge in [0.25, 0.3) is 0 Å². The van der Waals surface area contributed by atoms with Crippen LogP contribution >= 0.6 is 23.2 Å². The summed E-state index contributed by atoms with van der Waals surface area (Å²) in [5, 5.41) is 4.06. The molecule has 1 saturated heterocycles. The van der Waals surface area contributed by atoms with Crippen molar-refractivity contribution >= 4 is 23.2 Å². The fourth-order valence-electron chi connectivity index (χ4n) is 1.49. The van der Waals surface area contributed by atoms with Crippen molar-refractivity contribution in [1.82, 2.24) is 10.2 Å². The highest BCUT2D eigenvalue weighted by atomic mass is 35.5. The van der Waals surface area contributed by atoms with E-state index in [1.165, 1.54) is 31.5 Å². The predicted octanol–water partition coefficient (Wildman–Crippen LogP) is 1.99. The normalized spacial score (nSPS) is 22.2. The topological polar surface area (TPSA) is 15.3 Å². The molecule has 0 aliphatic carbocycles. The van der Waals surface area contributed by atoms with E-state index in [-0.39, 0.29) is 0 Å². The lowest BCUT2D eigenvalue weighted by Gasteiger charge is -2.29. The van der Waals surface area contributed by atoms with Crippen LogP contribution in [0.3, 0.4) is 0 Å². The maximum absolute atomic E-state index is 5.77. The van der Waals surface area contributed by atoms with E-state index in [1.807, 2.05) is 0 Å². The fraction of sp³-hybridized carbons (Fsp3) is 0.778. The van der Waals surface area contributed by atoms with Gasteiger partial charge in [0.2, 0.25) is 0 Å². The standard InChI is InChI=1S/C9H16Cl2N2/c1-13-4-2-9(3-5-13)12-7-8(11)6-10/h6,9,12H,2-5,7H2,1H3/b8-6-. The zero-order chi connectivity index (χ0) is 9.68. The molecule has 0 saturated carbocycles. The minimum absolute atomic E-state index is 0.599. The summed E-state index contributed by atoms with van der Waals surface area (Å²) in [5.74, 6) is 0. The number of piperidine rings is 1. The van der Waals surface area contributed by atoms with Crippen molar-refractivity contribution in [3.05, 3.63) is 10.6 Å². The van der Waals surface area contributed by atoms with Crippen molar-refractivity contribution in [2.75, 3.05) is 26.7 Å². The Bertz CT molecular complexity index is 174. The first-order valence-corrected chi connectivity index (χ1v) is 5.40. The first-order valence-electron chi connectivity index (χ1n) is 4.59. The van der Waals surface area contributed by atoms with E-state index in [0.29, 0.717) is 17.6 Å². The second kappa shape index (κ2) is 5.86. The minimum Gasteiger partial charge on any atom is -0.309 e. The fourth-order valence-corrected chi connectivity index (χ4v) is 1.65. The second-order valence-electron chi connectivity index (χ2n) is 3.51. The van der Waals surface area contributed by atoms with Crippen molar-refractivity contribution in [1.29, 1.82) is 0 Å². The zero-order valence-electron chi connectivity index (χ0n) is 7.89. The van der Waals surface area contributed by atoms with Crippen LogP contribution < -0.4 is 5.32 Å². The summed E-state index contributed by atoms with van der Waals surface area (Å²) in [4.78, 5) is 2.34. The third kappa shape index (κ3) is 4.32. The van der Waals surface area contributed by atoms with E-state index in [0.717, 1.165) is 0 Å². The zero-order valence-corrected chi connectivity index (χ0v) is 9.41. The highest BCUT2D eigenvalue weighted by molar-refractivity contribution is 6.36. The molecule has 13 heavy (non-hydrogen) atoms. The Kier molecular flexibility index (Phi) is 5.10. The summed E-state index contributed by atoms with van der Waals surface area (Å²) in [7, 11) is 2.15. The Labute approximate surface area is 89.9 Å².